The molecule has 50 heavy (non-hydrogen) atoms. The average Bonchev–Trinajstić information content (AvgIpc) is 3.52. The van der Waals surface area contributed by atoms with Crippen molar-refractivity contribution in [3.05, 3.63) is 53.7 Å². The average molecular weight is 687 g/mol. The Labute approximate surface area is 292 Å². The Morgan fingerprint density at radius 3 is 2.50 bits per heavy atom. The Hall–Kier alpha value is -5.04. The summed E-state index contributed by atoms with van der Waals surface area (Å²) >= 11 is 0. The third kappa shape index (κ3) is 7.00. The number of rotatable bonds is 6. The molecule has 3 amide bonds. The Morgan fingerprint density at radius 2 is 1.74 bits per heavy atom. The Balaban J connectivity index is 1.44. The van der Waals surface area contributed by atoms with Gasteiger partial charge in [-0.3, -0.25) is 14.4 Å². The first-order valence-electron chi connectivity index (χ1n) is 17.0. The van der Waals surface area contributed by atoms with Crippen molar-refractivity contribution in [3.63, 3.8) is 0 Å². The molecule has 2 aliphatic rings. The van der Waals surface area contributed by atoms with Crippen LogP contribution >= 0.6 is 0 Å². The largest absolute Gasteiger partial charge is 0.493 e. The fraction of sp³-hybridized carbons (Fsp3) is 0.459. The minimum Gasteiger partial charge on any atom is -0.493 e. The van der Waals surface area contributed by atoms with Crippen molar-refractivity contribution in [1.82, 2.24) is 24.7 Å². The minimum absolute atomic E-state index is 0.113. The Kier molecular flexibility index (Phi) is 10.6. The lowest BCUT2D eigenvalue weighted by Gasteiger charge is -2.35. The van der Waals surface area contributed by atoms with Crippen LogP contribution in [0.1, 0.15) is 35.2 Å². The molecule has 13 nitrogen and oxygen atoms in total. The number of benzene rings is 2. The zero-order chi connectivity index (χ0) is 35.4. The number of hydrogen-bond donors (Lipinski definition) is 1. The molecule has 1 atom stereocenters. The molecule has 2 bridgehead atoms. The molecule has 4 heterocycles. The molecule has 0 aliphatic carbocycles. The monoisotopic (exact) mass is 686 g/mol. The summed E-state index contributed by atoms with van der Waals surface area (Å²) in [4.78, 5) is 51.9. The zero-order valence-electron chi connectivity index (χ0n) is 29.5. The van der Waals surface area contributed by atoms with E-state index in [1.54, 1.807) is 31.1 Å². The van der Waals surface area contributed by atoms with Crippen LogP contribution in [0, 0.1) is 5.92 Å². The van der Waals surface area contributed by atoms with Crippen molar-refractivity contribution in [1.29, 1.82) is 0 Å². The molecule has 1 saturated heterocycles. The van der Waals surface area contributed by atoms with Crippen molar-refractivity contribution in [2.45, 2.75) is 25.8 Å². The molecule has 2 aromatic carbocycles. The number of anilines is 1. The van der Waals surface area contributed by atoms with E-state index in [0.29, 0.717) is 41.4 Å². The summed E-state index contributed by atoms with van der Waals surface area (Å²) in [6.07, 6.45) is 3.96. The van der Waals surface area contributed by atoms with Gasteiger partial charge in [-0.1, -0.05) is 6.07 Å². The molecule has 0 spiro atoms. The van der Waals surface area contributed by atoms with Crippen molar-refractivity contribution in [2.75, 3.05) is 79.2 Å². The molecule has 0 radical (unpaired) electrons. The van der Waals surface area contributed by atoms with Gasteiger partial charge in [0.15, 0.2) is 11.5 Å². The van der Waals surface area contributed by atoms with Gasteiger partial charge in [-0.2, -0.15) is 0 Å². The lowest BCUT2D eigenvalue weighted by molar-refractivity contribution is -0.136. The molecule has 2 aromatic heterocycles. The van der Waals surface area contributed by atoms with Gasteiger partial charge in [0.05, 0.1) is 26.8 Å². The summed E-state index contributed by atoms with van der Waals surface area (Å²) in [6, 6.07) is 11.4. The summed E-state index contributed by atoms with van der Waals surface area (Å²) < 4.78 is 24.4. The fourth-order valence-electron chi connectivity index (χ4n) is 7.15. The van der Waals surface area contributed by atoms with Crippen LogP contribution in [0.3, 0.4) is 0 Å². The predicted octanol–water partition coefficient (Wildman–Crippen LogP) is 3.61. The number of piperidine rings is 1. The molecule has 266 valence electrons. The van der Waals surface area contributed by atoms with Crippen LogP contribution in [-0.4, -0.2) is 111 Å². The van der Waals surface area contributed by atoms with Gasteiger partial charge < -0.3 is 43.5 Å². The molecule has 0 saturated carbocycles. The zero-order valence-corrected chi connectivity index (χ0v) is 29.5. The van der Waals surface area contributed by atoms with Crippen molar-refractivity contribution < 1.29 is 33.3 Å². The lowest BCUT2D eigenvalue weighted by Crippen LogP contribution is -2.43. The summed E-state index contributed by atoms with van der Waals surface area (Å²) in [7, 11) is 8.13. The fourth-order valence-corrected chi connectivity index (χ4v) is 7.15. The number of fused-ring (bicyclic) bond motifs is 6. The van der Waals surface area contributed by atoms with Crippen LogP contribution in [0.25, 0.3) is 21.8 Å². The summed E-state index contributed by atoms with van der Waals surface area (Å²) in [6.45, 7) is 2.70. The normalized spacial score (nSPS) is 17.5. The van der Waals surface area contributed by atoms with E-state index in [-0.39, 0.29) is 62.8 Å². The number of aromatic nitrogens is 2. The summed E-state index contributed by atoms with van der Waals surface area (Å²) in [5.41, 5.74) is 2.97. The highest BCUT2D eigenvalue weighted by atomic mass is 16.5. The van der Waals surface area contributed by atoms with E-state index in [9.17, 15) is 14.4 Å². The molecule has 6 rings (SSSR count). The van der Waals surface area contributed by atoms with Gasteiger partial charge in [-0.15, -0.1) is 0 Å². The smallest absolute Gasteiger partial charge is 0.254 e. The number of pyridine rings is 1. The standard InChI is InChI=1S/C37H46N6O7/c1-40-14-11-26-27(9-6-10-30(26)40)37(46)41-15-12-32(44)38-20-24-8-7-13-43(21-24)36-25(22-42(17-16-41)33(45)23-47-2)18-28-29(39-36)19-31(48-3)35(50-5)34(28)49-4/h6,9-11,14,18-19,24H,7-8,12-13,15-17,20-23H2,1-5H3,(H,38,44). The van der Waals surface area contributed by atoms with Gasteiger partial charge >= 0.3 is 0 Å². The maximum atomic E-state index is 14.2. The van der Waals surface area contributed by atoms with Gasteiger partial charge in [0.25, 0.3) is 5.91 Å². The Bertz CT molecular complexity index is 1890. The highest BCUT2D eigenvalue weighted by Crippen LogP contribution is 2.44. The topological polar surface area (TPSA) is 128 Å². The number of amides is 3. The quantitative estimate of drug-likeness (QED) is 0.324. The third-order valence-electron chi connectivity index (χ3n) is 9.76. The number of methoxy groups -OCH3 is 4. The van der Waals surface area contributed by atoms with Crippen LogP contribution in [-0.2, 0) is 27.9 Å². The number of carbonyl (C=O) groups is 3. The summed E-state index contributed by atoms with van der Waals surface area (Å²) in [5.74, 6) is 1.83. The number of aryl methyl sites for hydroxylation is 1. The van der Waals surface area contributed by atoms with E-state index in [2.05, 4.69) is 10.2 Å². The van der Waals surface area contributed by atoms with Gasteiger partial charge in [0.1, 0.15) is 12.4 Å². The summed E-state index contributed by atoms with van der Waals surface area (Å²) in [5, 5.41) is 4.68. The first-order valence-corrected chi connectivity index (χ1v) is 17.0. The molecule has 4 aromatic rings. The molecular weight excluding hydrogens is 640 g/mol. The second-order valence-electron chi connectivity index (χ2n) is 12.9. The van der Waals surface area contributed by atoms with Crippen LogP contribution in [0.2, 0.25) is 0 Å². The van der Waals surface area contributed by atoms with Crippen LogP contribution in [0.5, 0.6) is 17.2 Å². The van der Waals surface area contributed by atoms with Crippen LogP contribution in [0.15, 0.2) is 42.6 Å². The molecule has 1 N–H and O–H groups in total. The maximum absolute atomic E-state index is 14.2. The van der Waals surface area contributed by atoms with E-state index >= 15 is 0 Å². The highest BCUT2D eigenvalue weighted by Gasteiger charge is 2.29. The Morgan fingerprint density at radius 1 is 0.940 bits per heavy atom. The van der Waals surface area contributed by atoms with Gasteiger partial charge in [-0.25, -0.2) is 4.98 Å². The van der Waals surface area contributed by atoms with E-state index in [0.717, 1.165) is 47.1 Å². The van der Waals surface area contributed by atoms with Gasteiger partial charge in [0.2, 0.25) is 17.6 Å². The predicted molar refractivity (Wildman–Crippen MR) is 190 cm³/mol. The molecule has 1 unspecified atom stereocenters. The van der Waals surface area contributed by atoms with Crippen molar-refractivity contribution >= 4 is 45.3 Å². The second-order valence-corrected chi connectivity index (χ2v) is 12.9. The van der Waals surface area contributed by atoms with E-state index in [1.165, 1.54) is 7.11 Å². The van der Waals surface area contributed by atoms with E-state index in [4.69, 9.17) is 23.9 Å². The third-order valence-corrected chi connectivity index (χ3v) is 9.76. The van der Waals surface area contributed by atoms with Crippen molar-refractivity contribution in [3.8, 4) is 17.2 Å². The number of nitrogens with zero attached hydrogens (tertiary/aromatic N) is 5. The highest BCUT2D eigenvalue weighted by molar-refractivity contribution is 6.06. The van der Waals surface area contributed by atoms with Gasteiger partial charge in [0, 0.05) is 106 Å². The number of hydrogen-bond acceptors (Lipinski definition) is 9. The first-order chi connectivity index (χ1) is 24.3. The van der Waals surface area contributed by atoms with E-state index in [1.807, 2.05) is 54.2 Å². The molecule has 1 fully saturated rings. The maximum Gasteiger partial charge on any atom is 0.254 e. The van der Waals surface area contributed by atoms with E-state index < -0.39 is 0 Å². The molecular formula is C37H46N6O7. The number of ether oxygens (including phenoxy) is 4. The SMILES string of the molecule is COCC(=O)N1CCN(C(=O)c2cccc3c2ccn3C)CCC(=O)NCC2CCCN(C2)c2nc3cc(OC)c(OC)c(OC)c3cc2C1. The number of carbonyl (C=O) groups excluding carboxylic acids is 3. The second kappa shape index (κ2) is 15.2. The van der Waals surface area contributed by atoms with Crippen molar-refractivity contribution in [2.24, 2.45) is 13.0 Å². The first kappa shape index (κ1) is 34.8. The van der Waals surface area contributed by atoms with Crippen LogP contribution in [0.4, 0.5) is 5.82 Å². The molecule has 2 aliphatic heterocycles. The lowest BCUT2D eigenvalue weighted by atomic mass is 9.97. The number of nitrogens with one attached hydrogen (secondary N) is 1. The molecule has 13 heteroatoms. The van der Waals surface area contributed by atoms with Gasteiger partial charge in [-0.05, 0) is 43.0 Å². The van der Waals surface area contributed by atoms with Crippen LogP contribution < -0.4 is 24.4 Å². The minimum atomic E-state index is -0.228.